The fraction of sp³-hybridized carbons (Fsp3) is 0.318. The van der Waals surface area contributed by atoms with E-state index in [9.17, 15) is 14.4 Å². The van der Waals surface area contributed by atoms with Crippen LogP contribution in [-0.4, -0.2) is 42.6 Å². The van der Waals surface area contributed by atoms with E-state index in [0.717, 1.165) is 10.0 Å². The van der Waals surface area contributed by atoms with E-state index in [1.807, 2.05) is 0 Å². The van der Waals surface area contributed by atoms with Crippen molar-refractivity contribution in [3.05, 3.63) is 63.6 Å². The molecule has 7 nitrogen and oxygen atoms in total. The van der Waals surface area contributed by atoms with Crippen molar-refractivity contribution in [2.75, 3.05) is 25.1 Å². The number of urea groups is 1. The zero-order valence-electron chi connectivity index (χ0n) is 16.4. The van der Waals surface area contributed by atoms with Gasteiger partial charge in [0.25, 0.3) is 0 Å². The highest BCUT2D eigenvalue weighted by Gasteiger charge is 2.43. The second-order valence-electron chi connectivity index (χ2n) is 7.24. The van der Waals surface area contributed by atoms with Crippen molar-refractivity contribution in [3.8, 4) is 0 Å². The minimum absolute atomic E-state index is 0.0633. The van der Waals surface area contributed by atoms with Gasteiger partial charge in [0.15, 0.2) is 0 Å². The number of nitrogens with zero attached hydrogens (tertiary/aromatic N) is 1. The Kier molecular flexibility index (Phi) is 5.76. The molecule has 2 atom stereocenters. The first-order valence-electron chi connectivity index (χ1n) is 9.79. The van der Waals surface area contributed by atoms with Gasteiger partial charge in [0.2, 0.25) is 0 Å². The van der Waals surface area contributed by atoms with E-state index in [1.54, 1.807) is 54.3 Å². The first kappa shape index (κ1) is 20.4. The predicted octanol–water partition coefficient (Wildman–Crippen LogP) is 4.39. The van der Waals surface area contributed by atoms with Crippen molar-refractivity contribution in [3.63, 3.8) is 0 Å². The van der Waals surface area contributed by atoms with Crippen molar-refractivity contribution in [2.24, 2.45) is 5.92 Å². The number of ether oxygens (including phenoxy) is 2. The van der Waals surface area contributed by atoms with Gasteiger partial charge in [-0.3, -0.25) is 0 Å². The van der Waals surface area contributed by atoms with Crippen LogP contribution >= 0.6 is 15.9 Å². The smallest absolute Gasteiger partial charge is 0.338 e. The average molecular weight is 473 g/mol. The average Bonchev–Trinajstić information content (AvgIpc) is 3.17. The summed E-state index contributed by atoms with van der Waals surface area (Å²) < 4.78 is 11.5. The van der Waals surface area contributed by atoms with Gasteiger partial charge in [0.05, 0.1) is 30.4 Å². The van der Waals surface area contributed by atoms with Crippen molar-refractivity contribution in [1.82, 2.24) is 4.90 Å². The number of fused-ring (bicyclic) bond motifs is 3. The number of halogens is 1. The van der Waals surface area contributed by atoms with Crippen LogP contribution in [0.5, 0.6) is 0 Å². The molecular formula is C22H21BrN2O5. The molecule has 2 aliphatic heterocycles. The maximum atomic E-state index is 12.5. The third-order valence-corrected chi connectivity index (χ3v) is 5.94. The number of hydrogen-bond donors (Lipinski definition) is 1. The molecule has 2 amide bonds. The Bertz CT molecular complexity index is 992. The summed E-state index contributed by atoms with van der Waals surface area (Å²) in [5, 5.41) is 2.87. The fourth-order valence-electron chi connectivity index (χ4n) is 3.98. The zero-order valence-corrected chi connectivity index (χ0v) is 18.0. The van der Waals surface area contributed by atoms with E-state index < -0.39 is 11.9 Å². The lowest BCUT2D eigenvalue weighted by Crippen LogP contribution is -2.40. The molecule has 0 aromatic heterocycles. The van der Waals surface area contributed by atoms with Crippen molar-refractivity contribution < 1.29 is 23.9 Å². The third kappa shape index (κ3) is 3.92. The number of hydrogen-bond acceptors (Lipinski definition) is 5. The molecule has 4 rings (SSSR count). The number of rotatable bonds is 5. The first-order chi connectivity index (χ1) is 14.5. The highest BCUT2D eigenvalue weighted by molar-refractivity contribution is 9.10. The van der Waals surface area contributed by atoms with E-state index in [4.69, 9.17) is 9.47 Å². The normalized spacial score (nSPS) is 19.5. The molecule has 0 bridgehead atoms. The topological polar surface area (TPSA) is 84.9 Å². The third-order valence-electron chi connectivity index (χ3n) is 5.42. The summed E-state index contributed by atoms with van der Waals surface area (Å²) in [7, 11) is 0. The Hall–Kier alpha value is -2.87. The van der Waals surface area contributed by atoms with Crippen LogP contribution in [0.1, 0.15) is 45.7 Å². The van der Waals surface area contributed by atoms with Gasteiger partial charge in [0, 0.05) is 22.6 Å². The van der Waals surface area contributed by atoms with E-state index in [-0.39, 0.29) is 31.2 Å². The van der Waals surface area contributed by atoms with E-state index in [1.165, 1.54) is 0 Å². The van der Waals surface area contributed by atoms with Gasteiger partial charge >= 0.3 is 18.0 Å². The molecule has 1 fully saturated rings. The van der Waals surface area contributed by atoms with Gasteiger partial charge in [-0.25, -0.2) is 14.4 Å². The Morgan fingerprint density at radius 3 is 2.53 bits per heavy atom. The second kappa shape index (κ2) is 8.47. The molecule has 156 valence electrons. The molecule has 0 radical (unpaired) electrons. The Morgan fingerprint density at radius 2 is 1.80 bits per heavy atom. The molecule has 1 saturated heterocycles. The molecule has 2 aliphatic rings. The standard InChI is InChI=1S/C22H21BrN2O5/c1-2-29-21(27)14-5-8-18-17(11-14)19-15(9-10-25(19)22(28)24-18)12-30-20(26)13-3-6-16(23)7-4-13/h3-8,11,15,19H,2,9-10,12H2,1H3,(H,24,28)/t15-,19-/m0/s1. The van der Waals surface area contributed by atoms with Crippen LogP contribution in [-0.2, 0) is 9.47 Å². The van der Waals surface area contributed by atoms with E-state index in [2.05, 4.69) is 21.2 Å². The summed E-state index contributed by atoms with van der Waals surface area (Å²) >= 11 is 3.34. The van der Waals surface area contributed by atoms with Gasteiger partial charge in [-0.1, -0.05) is 15.9 Å². The number of carbonyl (C=O) groups excluding carboxylic acids is 3. The minimum atomic E-state index is -0.403. The lowest BCUT2D eigenvalue weighted by Gasteiger charge is -2.35. The summed E-state index contributed by atoms with van der Waals surface area (Å²) in [6.07, 6.45) is 0.703. The largest absolute Gasteiger partial charge is 0.462 e. The molecule has 8 heteroatoms. The molecule has 0 aliphatic carbocycles. The summed E-state index contributed by atoms with van der Waals surface area (Å²) in [5.41, 5.74) is 2.41. The van der Waals surface area contributed by atoms with Crippen LogP contribution in [0, 0.1) is 5.92 Å². The first-order valence-corrected chi connectivity index (χ1v) is 10.6. The van der Waals surface area contributed by atoms with Gasteiger partial charge in [-0.15, -0.1) is 0 Å². The van der Waals surface area contributed by atoms with Gasteiger partial charge in [-0.2, -0.15) is 0 Å². The van der Waals surface area contributed by atoms with Crippen LogP contribution in [0.4, 0.5) is 10.5 Å². The molecule has 2 heterocycles. The fourth-order valence-corrected chi connectivity index (χ4v) is 4.25. The Balaban J connectivity index is 1.54. The van der Waals surface area contributed by atoms with Crippen LogP contribution in [0.3, 0.4) is 0 Å². The molecule has 2 aromatic rings. The summed E-state index contributed by atoms with van der Waals surface area (Å²) in [6.45, 7) is 2.79. The monoisotopic (exact) mass is 472 g/mol. The number of benzene rings is 2. The van der Waals surface area contributed by atoms with Gasteiger partial charge in [0.1, 0.15) is 0 Å². The zero-order chi connectivity index (χ0) is 21.3. The highest BCUT2D eigenvalue weighted by atomic mass is 79.9. The molecule has 0 unspecified atom stereocenters. The molecule has 2 aromatic carbocycles. The quantitative estimate of drug-likeness (QED) is 0.652. The summed E-state index contributed by atoms with van der Waals surface area (Å²) in [5.74, 6) is -0.867. The number of amides is 2. The lowest BCUT2D eigenvalue weighted by molar-refractivity contribution is 0.0415. The maximum Gasteiger partial charge on any atom is 0.338 e. The predicted molar refractivity (Wildman–Crippen MR) is 113 cm³/mol. The number of carbonyl (C=O) groups is 3. The minimum Gasteiger partial charge on any atom is -0.462 e. The summed E-state index contributed by atoms with van der Waals surface area (Å²) in [4.78, 5) is 38.8. The lowest BCUT2D eigenvalue weighted by atomic mass is 9.90. The molecule has 0 spiro atoms. The SMILES string of the molecule is CCOC(=O)c1ccc2c(c1)[C@@H]1[C@H](COC(=O)c3ccc(Br)cc3)CCN1C(=O)N2. The number of esters is 2. The van der Waals surface area contributed by atoms with Gasteiger partial charge in [-0.05, 0) is 61.4 Å². The Morgan fingerprint density at radius 1 is 1.10 bits per heavy atom. The van der Waals surface area contributed by atoms with Crippen molar-refractivity contribution in [2.45, 2.75) is 19.4 Å². The molecule has 30 heavy (non-hydrogen) atoms. The summed E-state index contributed by atoms with van der Waals surface area (Å²) in [6, 6.07) is 11.6. The Labute approximate surface area is 182 Å². The second-order valence-corrected chi connectivity index (χ2v) is 8.16. The molecule has 0 saturated carbocycles. The van der Waals surface area contributed by atoms with Crippen LogP contribution < -0.4 is 5.32 Å². The molecular weight excluding hydrogens is 452 g/mol. The number of anilines is 1. The van der Waals surface area contributed by atoms with E-state index in [0.29, 0.717) is 29.8 Å². The van der Waals surface area contributed by atoms with E-state index >= 15 is 0 Å². The van der Waals surface area contributed by atoms with Crippen LogP contribution in [0.25, 0.3) is 0 Å². The van der Waals surface area contributed by atoms with Gasteiger partial charge < -0.3 is 19.7 Å². The highest BCUT2D eigenvalue weighted by Crippen LogP contribution is 2.44. The molecule has 1 N–H and O–H groups in total. The number of nitrogens with one attached hydrogen (secondary N) is 1. The maximum absolute atomic E-state index is 12.5. The van der Waals surface area contributed by atoms with Crippen LogP contribution in [0.2, 0.25) is 0 Å². The van der Waals surface area contributed by atoms with Crippen molar-refractivity contribution in [1.29, 1.82) is 0 Å². The van der Waals surface area contributed by atoms with Crippen LogP contribution in [0.15, 0.2) is 46.9 Å². The van der Waals surface area contributed by atoms with Crippen molar-refractivity contribution >= 4 is 39.6 Å².